The highest BCUT2D eigenvalue weighted by molar-refractivity contribution is 5.77. The van der Waals surface area contributed by atoms with Crippen molar-refractivity contribution >= 4 is 5.91 Å². The number of carbonyl (C=O) groups excluding carboxylic acids is 1. The van der Waals surface area contributed by atoms with E-state index in [1.165, 1.54) is 0 Å². The fraction of sp³-hybridized carbons (Fsp3) is 0.909. The third-order valence-corrected chi connectivity index (χ3v) is 2.16. The first-order chi connectivity index (χ1) is 7.18. The van der Waals surface area contributed by atoms with Gasteiger partial charge in [-0.15, -0.1) is 0 Å². The van der Waals surface area contributed by atoms with Crippen molar-refractivity contribution in [3.63, 3.8) is 0 Å². The number of rotatable bonds is 9. The van der Waals surface area contributed by atoms with Gasteiger partial charge in [0.1, 0.15) is 0 Å². The average molecular weight is 215 g/mol. The van der Waals surface area contributed by atoms with E-state index in [9.17, 15) is 4.79 Å². The molecule has 0 unspecified atom stereocenters. The quantitative estimate of drug-likeness (QED) is 0.490. The number of amides is 1. The summed E-state index contributed by atoms with van der Waals surface area (Å²) in [5.74, 6) is 0.223. The highest BCUT2D eigenvalue weighted by Gasteiger charge is 2.04. The number of hydrogen-bond acceptors (Lipinski definition) is 3. The van der Waals surface area contributed by atoms with Crippen LogP contribution < -0.4 is 16.4 Å². The molecule has 0 saturated heterocycles. The van der Waals surface area contributed by atoms with E-state index in [1.807, 2.05) is 13.8 Å². The molecule has 0 aliphatic rings. The Morgan fingerprint density at radius 3 is 2.40 bits per heavy atom. The smallest absolute Gasteiger partial charge is 0.222 e. The zero-order chi connectivity index (χ0) is 11.5. The number of nitrogens with two attached hydrogens (primary N) is 1. The van der Waals surface area contributed by atoms with Crippen molar-refractivity contribution in [2.75, 3.05) is 26.2 Å². The fourth-order valence-electron chi connectivity index (χ4n) is 1.15. The summed E-state index contributed by atoms with van der Waals surface area (Å²) in [6.07, 6.45) is 3.20. The second kappa shape index (κ2) is 9.93. The van der Waals surface area contributed by atoms with E-state index in [2.05, 4.69) is 10.6 Å². The van der Waals surface area contributed by atoms with Crippen LogP contribution >= 0.6 is 0 Å². The summed E-state index contributed by atoms with van der Waals surface area (Å²) in [5.41, 5.74) is 5.38. The van der Waals surface area contributed by atoms with E-state index in [0.29, 0.717) is 0 Å². The first-order valence-corrected chi connectivity index (χ1v) is 5.87. The lowest BCUT2D eigenvalue weighted by atomic mass is 10.2. The summed E-state index contributed by atoms with van der Waals surface area (Å²) >= 11 is 0. The zero-order valence-corrected chi connectivity index (χ0v) is 10.0. The van der Waals surface area contributed by atoms with Gasteiger partial charge in [0.15, 0.2) is 0 Å². The Bertz CT molecular complexity index is 160. The van der Waals surface area contributed by atoms with Crippen LogP contribution in [0.4, 0.5) is 0 Å². The molecule has 0 aromatic heterocycles. The molecule has 0 saturated carbocycles. The highest BCUT2D eigenvalue weighted by Crippen LogP contribution is 1.90. The maximum atomic E-state index is 11.2. The predicted molar refractivity (Wildman–Crippen MR) is 63.6 cm³/mol. The van der Waals surface area contributed by atoms with E-state index in [4.69, 9.17) is 5.73 Å². The Labute approximate surface area is 93.0 Å². The van der Waals surface area contributed by atoms with Crippen LogP contribution in [0.3, 0.4) is 0 Å². The summed E-state index contributed by atoms with van der Waals surface area (Å²) in [4.78, 5) is 11.2. The van der Waals surface area contributed by atoms with Crippen LogP contribution in [0.1, 0.15) is 33.1 Å². The minimum absolute atomic E-state index is 0.0857. The van der Waals surface area contributed by atoms with Crippen molar-refractivity contribution in [2.45, 2.75) is 33.1 Å². The Hall–Kier alpha value is -0.610. The Morgan fingerprint density at radius 1 is 1.13 bits per heavy atom. The van der Waals surface area contributed by atoms with Crippen LogP contribution in [0.5, 0.6) is 0 Å². The van der Waals surface area contributed by atoms with Crippen molar-refractivity contribution in [3.05, 3.63) is 0 Å². The van der Waals surface area contributed by atoms with Crippen molar-refractivity contribution in [1.82, 2.24) is 10.6 Å². The minimum Gasteiger partial charge on any atom is -0.356 e. The second-order valence-electron chi connectivity index (χ2n) is 4.05. The van der Waals surface area contributed by atoms with Crippen molar-refractivity contribution in [3.8, 4) is 0 Å². The van der Waals surface area contributed by atoms with E-state index in [-0.39, 0.29) is 11.8 Å². The lowest BCUT2D eigenvalue weighted by molar-refractivity contribution is -0.123. The molecular formula is C11H25N3O. The average Bonchev–Trinajstić information content (AvgIpc) is 2.21. The molecule has 0 aromatic carbocycles. The van der Waals surface area contributed by atoms with Gasteiger partial charge in [0.2, 0.25) is 5.91 Å². The van der Waals surface area contributed by atoms with Gasteiger partial charge in [-0.2, -0.15) is 0 Å². The topological polar surface area (TPSA) is 67.2 Å². The molecular weight excluding hydrogens is 190 g/mol. The van der Waals surface area contributed by atoms with Crippen LogP contribution in [-0.4, -0.2) is 32.1 Å². The van der Waals surface area contributed by atoms with Gasteiger partial charge >= 0.3 is 0 Å². The predicted octanol–water partition coefficient (Wildman–Crippen LogP) is 0.477. The van der Waals surface area contributed by atoms with Crippen molar-refractivity contribution in [1.29, 1.82) is 0 Å². The molecule has 0 spiro atoms. The molecule has 1 amide bonds. The SMILES string of the molecule is CC(C)C(=O)NCCCNCCCCN. The number of nitrogens with one attached hydrogen (secondary N) is 2. The molecule has 0 fully saturated rings. The monoisotopic (exact) mass is 215 g/mol. The molecule has 0 radical (unpaired) electrons. The van der Waals surface area contributed by atoms with Gasteiger partial charge < -0.3 is 16.4 Å². The van der Waals surface area contributed by atoms with Crippen LogP contribution in [0, 0.1) is 5.92 Å². The fourth-order valence-corrected chi connectivity index (χ4v) is 1.15. The van der Waals surface area contributed by atoms with Crippen LogP contribution in [-0.2, 0) is 4.79 Å². The lowest BCUT2D eigenvalue weighted by Crippen LogP contribution is -2.30. The standard InChI is InChI=1S/C11H25N3O/c1-10(2)11(15)14-9-5-8-13-7-4-3-6-12/h10,13H,3-9,12H2,1-2H3,(H,14,15). The largest absolute Gasteiger partial charge is 0.356 e. The van der Waals surface area contributed by atoms with Gasteiger partial charge in [0.25, 0.3) is 0 Å². The maximum absolute atomic E-state index is 11.2. The molecule has 4 heteroatoms. The highest BCUT2D eigenvalue weighted by atomic mass is 16.1. The van der Waals surface area contributed by atoms with Gasteiger partial charge in [-0.3, -0.25) is 4.79 Å². The van der Waals surface area contributed by atoms with Gasteiger partial charge in [0.05, 0.1) is 0 Å². The van der Waals surface area contributed by atoms with Gasteiger partial charge in [-0.25, -0.2) is 0 Å². The van der Waals surface area contributed by atoms with Crippen molar-refractivity contribution in [2.24, 2.45) is 11.7 Å². The van der Waals surface area contributed by atoms with E-state index in [0.717, 1.165) is 45.4 Å². The van der Waals surface area contributed by atoms with Gasteiger partial charge in [-0.1, -0.05) is 13.8 Å². The molecule has 0 aromatic rings. The molecule has 0 bridgehead atoms. The summed E-state index contributed by atoms with van der Waals surface area (Å²) in [6.45, 7) is 7.33. The molecule has 90 valence electrons. The molecule has 0 heterocycles. The molecule has 0 rings (SSSR count). The third-order valence-electron chi connectivity index (χ3n) is 2.16. The minimum atomic E-state index is 0.0857. The molecule has 0 aliphatic carbocycles. The van der Waals surface area contributed by atoms with E-state index >= 15 is 0 Å². The Morgan fingerprint density at radius 2 is 1.80 bits per heavy atom. The number of hydrogen-bond donors (Lipinski definition) is 3. The van der Waals surface area contributed by atoms with Gasteiger partial charge in [-0.05, 0) is 38.9 Å². The number of unbranched alkanes of at least 4 members (excludes halogenated alkanes) is 1. The summed E-state index contributed by atoms with van der Waals surface area (Å²) in [7, 11) is 0. The molecule has 4 N–H and O–H groups in total. The van der Waals surface area contributed by atoms with E-state index in [1.54, 1.807) is 0 Å². The third kappa shape index (κ3) is 9.69. The van der Waals surface area contributed by atoms with Crippen molar-refractivity contribution < 1.29 is 4.79 Å². The molecule has 15 heavy (non-hydrogen) atoms. The normalized spacial score (nSPS) is 10.7. The second-order valence-corrected chi connectivity index (χ2v) is 4.05. The van der Waals surface area contributed by atoms with E-state index < -0.39 is 0 Å². The van der Waals surface area contributed by atoms with Crippen LogP contribution in [0.2, 0.25) is 0 Å². The Kier molecular flexibility index (Phi) is 9.52. The summed E-state index contributed by atoms with van der Waals surface area (Å²) in [6, 6.07) is 0. The lowest BCUT2D eigenvalue weighted by Gasteiger charge is -2.08. The van der Waals surface area contributed by atoms with Gasteiger partial charge in [0, 0.05) is 12.5 Å². The summed E-state index contributed by atoms with van der Waals surface area (Å²) in [5, 5.41) is 6.20. The zero-order valence-electron chi connectivity index (χ0n) is 10.0. The number of carbonyl (C=O) groups is 1. The molecule has 0 atom stereocenters. The van der Waals surface area contributed by atoms with Crippen LogP contribution in [0.25, 0.3) is 0 Å². The summed E-state index contributed by atoms with van der Waals surface area (Å²) < 4.78 is 0. The first kappa shape index (κ1) is 14.4. The van der Waals surface area contributed by atoms with Crippen LogP contribution in [0.15, 0.2) is 0 Å². The molecule has 0 aliphatic heterocycles. The first-order valence-electron chi connectivity index (χ1n) is 5.87. The maximum Gasteiger partial charge on any atom is 0.222 e. The Balaban J connectivity index is 3.08. The molecule has 4 nitrogen and oxygen atoms in total.